The molecule has 15 heavy (non-hydrogen) atoms. The highest BCUT2D eigenvalue weighted by molar-refractivity contribution is 6.04. The van der Waals surface area contributed by atoms with Gasteiger partial charge in [-0.05, 0) is 0 Å². The van der Waals surface area contributed by atoms with Crippen LogP contribution in [0.1, 0.15) is 0 Å². The van der Waals surface area contributed by atoms with Gasteiger partial charge in [0.05, 0.1) is 0 Å². The molecule has 0 fully saturated rings. The summed E-state index contributed by atoms with van der Waals surface area (Å²) in [5.74, 6) is -0.134. The number of amidine groups is 1. The van der Waals surface area contributed by atoms with Gasteiger partial charge >= 0.3 is 6.03 Å². The fourth-order valence-electron chi connectivity index (χ4n) is 0.847. The molecule has 0 bridgehead atoms. The van der Waals surface area contributed by atoms with E-state index < -0.39 is 6.03 Å². The van der Waals surface area contributed by atoms with E-state index in [9.17, 15) is 4.79 Å². The molecular formula is C8H17N5O2. The van der Waals surface area contributed by atoms with E-state index in [0.717, 1.165) is 11.2 Å². The molecule has 7 heteroatoms. The molecule has 0 saturated carbocycles. The number of aliphatic hydroxyl groups is 1. The Morgan fingerprint density at radius 3 is 2.67 bits per heavy atom. The lowest BCUT2D eigenvalue weighted by molar-refractivity contribution is 0.228. The number of rotatable bonds is 4. The highest BCUT2D eigenvalue weighted by atomic mass is 16.2. The summed E-state index contributed by atoms with van der Waals surface area (Å²) in [5.41, 5.74) is 5.40. The Balaban J connectivity index is 4.46. The normalized spacial score (nSPS) is 10.7. The minimum Gasteiger partial charge on any atom is -0.513 e. The zero-order valence-electron chi connectivity index (χ0n) is 8.87. The zero-order valence-corrected chi connectivity index (χ0v) is 8.87. The monoisotopic (exact) mass is 215 g/mol. The predicted molar refractivity (Wildman–Crippen MR) is 57.7 cm³/mol. The number of hydrogen-bond donors (Lipinski definition) is 5. The van der Waals surface area contributed by atoms with Crippen molar-refractivity contribution in [2.24, 2.45) is 5.73 Å². The van der Waals surface area contributed by atoms with Crippen LogP contribution in [-0.4, -0.2) is 49.1 Å². The fourth-order valence-corrected chi connectivity index (χ4v) is 0.847. The molecule has 0 aliphatic heterocycles. The van der Waals surface area contributed by atoms with Gasteiger partial charge in [-0.3, -0.25) is 10.3 Å². The average molecular weight is 215 g/mol. The van der Waals surface area contributed by atoms with Crippen LogP contribution < -0.4 is 16.4 Å². The number of carbonyl (C=O) groups is 1. The lowest BCUT2D eigenvalue weighted by Gasteiger charge is -2.19. The van der Waals surface area contributed by atoms with Crippen molar-refractivity contribution in [3.05, 3.63) is 12.0 Å². The molecule has 0 unspecified atom stereocenters. The van der Waals surface area contributed by atoms with E-state index in [1.54, 1.807) is 0 Å². The van der Waals surface area contributed by atoms with E-state index in [2.05, 4.69) is 10.6 Å². The maximum atomic E-state index is 11.2. The van der Waals surface area contributed by atoms with Crippen LogP contribution in [0.2, 0.25) is 0 Å². The summed E-state index contributed by atoms with van der Waals surface area (Å²) in [5, 5.41) is 21.5. The summed E-state index contributed by atoms with van der Waals surface area (Å²) in [6.45, 7) is 0.782. The Morgan fingerprint density at radius 2 is 2.27 bits per heavy atom. The number of likely N-dealkylation sites (N-methyl/N-ethyl adjacent to an activating group) is 1. The number of carbonyl (C=O) groups excluding carboxylic acids is 1. The molecule has 86 valence electrons. The van der Waals surface area contributed by atoms with Gasteiger partial charge in [-0.25, -0.2) is 4.79 Å². The summed E-state index contributed by atoms with van der Waals surface area (Å²) in [6.07, 6.45) is 0.734. The van der Waals surface area contributed by atoms with Crippen LogP contribution in [0, 0.1) is 5.41 Å². The topological polar surface area (TPSA) is 114 Å². The molecule has 0 aromatic carbocycles. The van der Waals surface area contributed by atoms with Crippen molar-refractivity contribution in [2.75, 3.05) is 27.2 Å². The van der Waals surface area contributed by atoms with Crippen molar-refractivity contribution in [1.29, 1.82) is 5.41 Å². The highest BCUT2D eigenvalue weighted by Crippen LogP contribution is 1.96. The first-order valence-electron chi connectivity index (χ1n) is 4.41. The van der Waals surface area contributed by atoms with Gasteiger partial charge in [0.1, 0.15) is 12.0 Å². The third kappa shape index (κ3) is 3.86. The maximum absolute atomic E-state index is 11.2. The molecule has 0 aliphatic rings. The molecule has 6 N–H and O–H groups in total. The van der Waals surface area contributed by atoms with Gasteiger partial charge in [-0.1, -0.05) is 0 Å². The van der Waals surface area contributed by atoms with E-state index in [4.69, 9.17) is 16.2 Å². The SMILES string of the molecule is CNC(=O)N(C)C(=N)C(=CO)NCCN. The predicted octanol–water partition coefficient (Wildman–Crippen LogP) is -0.817. The van der Waals surface area contributed by atoms with Gasteiger partial charge in [-0.2, -0.15) is 0 Å². The largest absolute Gasteiger partial charge is 0.513 e. The third-order valence-electron chi connectivity index (χ3n) is 1.70. The second kappa shape index (κ2) is 6.66. The number of urea groups is 1. The van der Waals surface area contributed by atoms with E-state index in [1.165, 1.54) is 14.1 Å². The summed E-state index contributed by atoms with van der Waals surface area (Å²) in [4.78, 5) is 12.2. The minimum absolute atomic E-state index is 0.134. The van der Waals surface area contributed by atoms with Crippen LogP contribution in [0.25, 0.3) is 0 Å². The smallest absolute Gasteiger partial charge is 0.322 e. The third-order valence-corrected chi connectivity index (χ3v) is 1.70. The quantitative estimate of drug-likeness (QED) is 0.239. The number of aliphatic hydroxyl groups excluding tert-OH is 1. The first-order chi connectivity index (χ1) is 7.08. The average Bonchev–Trinajstić information content (AvgIpc) is 2.27. The van der Waals surface area contributed by atoms with Crippen molar-refractivity contribution in [2.45, 2.75) is 0 Å². The van der Waals surface area contributed by atoms with Crippen LogP contribution >= 0.6 is 0 Å². The lowest BCUT2D eigenvalue weighted by Crippen LogP contribution is -2.42. The van der Waals surface area contributed by atoms with Crippen LogP contribution in [0.5, 0.6) is 0 Å². The number of amides is 2. The van der Waals surface area contributed by atoms with Crippen molar-refractivity contribution in [3.63, 3.8) is 0 Å². The standard InChI is InChI=1S/C8H17N5O2/c1-11-8(15)13(2)7(10)6(5-14)12-4-3-9/h5,10,12,14H,3-4,9H2,1-2H3,(H,11,15). The van der Waals surface area contributed by atoms with Crippen LogP contribution in [0.4, 0.5) is 4.79 Å². The summed E-state index contributed by atoms with van der Waals surface area (Å²) >= 11 is 0. The van der Waals surface area contributed by atoms with E-state index in [1.807, 2.05) is 0 Å². The lowest BCUT2D eigenvalue weighted by atomic mass is 10.4. The molecule has 0 aromatic heterocycles. The number of hydrogen-bond acceptors (Lipinski definition) is 5. The van der Waals surface area contributed by atoms with E-state index in [-0.39, 0.29) is 11.5 Å². The summed E-state index contributed by atoms with van der Waals surface area (Å²) in [6, 6.07) is -0.436. The second-order valence-electron chi connectivity index (χ2n) is 2.72. The highest BCUT2D eigenvalue weighted by Gasteiger charge is 2.15. The Kier molecular flexibility index (Phi) is 5.88. The first-order valence-corrected chi connectivity index (χ1v) is 4.41. The Labute approximate surface area is 88.4 Å². The fraction of sp³-hybridized carbons (Fsp3) is 0.500. The first kappa shape index (κ1) is 13.2. The summed E-state index contributed by atoms with van der Waals surface area (Å²) in [7, 11) is 2.89. The molecule has 0 aromatic rings. The van der Waals surface area contributed by atoms with Gasteiger partial charge in [-0.15, -0.1) is 0 Å². The number of nitrogens with zero attached hydrogens (tertiary/aromatic N) is 1. The van der Waals surface area contributed by atoms with E-state index in [0.29, 0.717) is 13.1 Å². The molecule has 0 saturated heterocycles. The maximum Gasteiger partial charge on any atom is 0.322 e. The van der Waals surface area contributed by atoms with Crippen LogP contribution in [0.3, 0.4) is 0 Å². The molecule has 0 heterocycles. The molecule has 0 spiro atoms. The van der Waals surface area contributed by atoms with Gasteiger partial charge in [0.15, 0.2) is 5.84 Å². The molecular weight excluding hydrogens is 198 g/mol. The van der Waals surface area contributed by atoms with Gasteiger partial charge in [0.25, 0.3) is 0 Å². The molecule has 7 nitrogen and oxygen atoms in total. The Morgan fingerprint density at radius 1 is 1.67 bits per heavy atom. The molecule has 0 rings (SSSR count). The minimum atomic E-state index is -0.436. The van der Waals surface area contributed by atoms with Crippen LogP contribution in [0.15, 0.2) is 12.0 Å². The molecule has 0 atom stereocenters. The molecule has 2 amide bonds. The number of nitrogens with two attached hydrogens (primary N) is 1. The summed E-state index contributed by atoms with van der Waals surface area (Å²) < 4.78 is 0. The Hall–Kier alpha value is -1.76. The number of nitrogens with one attached hydrogen (secondary N) is 3. The van der Waals surface area contributed by atoms with Gasteiger partial charge < -0.3 is 21.5 Å². The zero-order chi connectivity index (χ0) is 11.8. The second-order valence-corrected chi connectivity index (χ2v) is 2.72. The van der Waals surface area contributed by atoms with Gasteiger partial charge in [0, 0.05) is 27.2 Å². The van der Waals surface area contributed by atoms with Gasteiger partial charge in [0.2, 0.25) is 0 Å². The molecule has 0 radical (unpaired) electrons. The van der Waals surface area contributed by atoms with E-state index >= 15 is 0 Å². The van der Waals surface area contributed by atoms with Crippen molar-refractivity contribution in [1.82, 2.24) is 15.5 Å². The van der Waals surface area contributed by atoms with Crippen molar-refractivity contribution in [3.8, 4) is 0 Å². The Bertz CT molecular complexity index is 264. The van der Waals surface area contributed by atoms with Crippen molar-refractivity contribution >= 4 is 11.9 Å². The molecule has 0 aliphatic carbocycles. The van der Waals surface area contributed by atoms with Crippen LogP contribution in [-0.2, 0) is 0 Å². The van der Waals surface area contributed by atoms with Crippen molar-refractivity contribution < 1.29 is 9.90 Å².